The number of hydrogen-bond acceptors (Lipinski definition) is 3. The molecule has 4 nitrogen and oxygen atoms in total. The summed E-state index contributed by atoms with van der Waals surface area (Å²) in [6.45, 7) is 8.66. The Morgan fingerprint density at radius 3 is 2.21 bits per heavy atom. The van der Waals surface area contributed by atoms with Gasteiger partial charge in [-0.15, -0.1) is 24.8 Å². The van der Waals surface area contributed by atoms with E-state index >= 15 is 0 Å². The summed E-state index contributed by atoms with van der Waals surface area (Å²) >= 11 is 0. The Morgan fingerprint density at radius 1 is 1.12 bits per heavy atom. The van der Waals surface area contributed by atoms with E-state index in [2.05, 4.69) is 47.6 Å². The van der Waals surface area contributed by atoms with Gasteiger partial charge in [0.15, 0.2) is 0 Å². The number of carbonyl (C=O) groups is 1. The van der Waals surface area contributed by atoms with Gasteiger partial charge in [-0.1, -0.05) is 18.2 Å². The molecule has 2 saturated heterocycles. The Balaban J connectivity index is 0.00000144. The van der Waals surface area contributed by atoms with Crippen molar-refractivity contribution in [2.24, 2.45) is 11.8 Å². The fourth-order valence-corrected chi connectivity index (χ4v) is 3.84. The lowest BCUT2D eigenvalue weighted by molar-refractivity contribution is -0.129. The van der Waals surface area contributed by atoms with Crippen molar-refractivity contribution in [3.8, 4) is 0 Å². The number of anilines is 1. The minimum atomic E-state index is 0. The fourth-order valence-electron chi connectivity index (χ4n) is 3.84. The van der Waals surface area contributed by atoms with Gasteiger partial charge in [0, 0.05) is 18.8 Å². The minimum absolute atomic E-state index is 0. The van der Waals surface area contributed by atoms with Crippen LogP contribution in [0.15, 0.2) is 18.2 Å². The molecule has 136 valence electrons. The number of nitrogens with one attached hydrogen (secondary N) is 2. The summed E-state index contributed by atoms with van der Waals surface area (Å²) in [7, 11) is 0. The van der Waals surface area contributed by atoms with Gasteiger partial charge in [-0.05, 0) is 62.7 Å². The van der Waals surface area contributed by atoms with Crippen LogP contribution >= 0.6 is 24.8 Å². The zero-order valence-electron chi connectivity index (χ0n) is 14.5. The lowest BCUT2D eigenvalue weighted by Gasteiger charge is -2.22. The quantitative estimate of drug-likeness (QED) is 0.855. The highest BCUT2D eigenvalue weighted by Gasteiger charge is 2.31. The predicted octanol–water partition coefficient (Wildman–Crippen LogP) is 3.02. The van der Waals surface area contributed by atoms with Crippen molar-refractivity contribution in [1.29, 1.82) is 0 Å². The molecule has 2 aliphatic heterocycles. The molecule has 2 N–H and O–H groups in total. The number of nitrogens with zero attached hydrogens (tertiary/aromatic N) is 1. The first-order valence-corrected chi connectivity index (χ1v) is 8.43. The Labute approximate surface area is 157 Å². The highest BCUT2D eigenvalue weighted by Crippen LogP contribution is 2.27. The molecule has 1 amide bonds. The van der Waals surface area contributed by atoms with Crippen molar-refractivity contribution in [3.63, 3.8) is 0 Å². The maximum atomic E-state index is 12.5. The second-order valence-electron chi connectivity index (χ2n) is 6.76. The molecule has 0 aromatic heterocycles. The third kappa shape index (κ3) is 4.78. The van der Waals surface area contributed by atoms with Crippen LogP contribution < -0.4 is 10.6 Å². The lowest BCUT2D eigenvalue weighted by Crippen LogP contribution is -2.37. The van der Waals surface area contributed by atoms with Crippen LogP contribution in [-0.4, -0.2) is 43.5 Å². The molecule has 2 atom stereocenters. The van der Waals surface area contributed by atoms with Crippen molar-refractivity contribution >= 4 is 36.4 Å². The van der Waals surface area contributed by atoms with E-state index in [1.54, 1.807) is 0 Å². The van der Waals surface area contributed by atoms with Gasteiger partial charge in [-0.2, -0.15) is 0 Å². The maximum absolute atomic E-state index is 12.5. The van der Waals surface area contributed by atoms with E-state index < -0.39 is 0 Å². The van der Waals surface area contributed by atoms with Crippen LogP contribution in [0.5, 0.6) is 0 Å². The molecule has 0 aliphatic carbocycles. The standard InChI is InChI=1S/C18H27N3O.2ClH/c1-13-4-3-5-14(2)18(13)20-12-17(22)21-8-6-15-10-19-11-16(15)7-9-21;;/h3-5,15-16,19-20H,6-12H2,1-2H3;2*1H/t15-,16+;;. The number of likely N-dealkylation sites (tertiary alicyclic amines) is 1. The first kappa shape index (κ1) is 21.1. The summed E-state index contributed by atoms with van der Waals surface area (Å²) in [5, 5.41) is 6.82. The first-order valence-electron chi connectivity index (χ1n) is 8.43. The highest BCUT2D eigenvalue weighted by atomic mass is 35.5. The van der Waals surface area contributed by atoms with Crippen molar-refractivity contribution in [3.05, 3.63) is 29.3 Å². The number of para-hydroxylation sites is 1. The number of hydrogen-bond donors (Lipinski definition) is 2. The topological polar surface area (TPSA) is 44.4 Å². The molecule has 0 saturated carbocycles. The third-order valence-electron chi connectivity index (χ3n) is 5.27. The van der Waals surface area contributed by atoms with Gasteiger partial charge in [0.25, 0.3) is 0 Å². The summed E-state index contributed by atoms with van der Waals surface area (Å²) in [6, 6.07) is 6.22. The van der Waals surface area contributed by atoms with E-state index in [0.29, 0.717) is 6.54 Å². The zero-order valence-corrected chi connectivity index (χ0v) is 16.1. The van der Waals surface area contributed by atoms with E-state index in [0.717, 1.165) is 56.5 Å². The monoisotopic (exact) mass is 373 g/mol. The van der Waals surface area contributed by atoms with E-state index in [4.69, 9.17) is 0 Å². The van der Waals surface area contributed by atoms with Crippen LogP contribution in [0.2, 0.25) is 0 Å². The molecule has 0 radical (unpaired) electrons. The van der Waals surface area contributed by atoms with Crippen LogP contribution in [0.25, 0.3) is 0 Å². The maximum Gasteiger partial charge on any atom is 0.241 e. The molecule has 2 fully saturated rings. The Kier molecular flexibility index (Phi) is 8.34. The van der Waals surface area contributed by atoms with Crippen LogP contribution in [0.1, 0.15) is 24.0 Å². The molecule has 2 heterocycles. The van der Waals surface area contributed by atoms with E-state index in [-0.39, 0.29) is 30.7 Å². The number of aryl methyl sites for hydroxylation is 2. The summed E-state index contributed by atoms with van der Waals surface area (Å²) in [4.78, 5) is 14.6. The lowest BCUT2D eigenvalue weighted by atomic mass is 9.92. The number of rotatable bonds is 3. The minimum Gasteiger partial charge on any atom is -0.376 e. The molecule has 24 heavy (non-hydrogen) atoms. The van der Waals surface area contributed by atoms with E-state index in [9.17, 15) is 4.79 Å². The molecule has 0 unspecified atom stereocenters. The zero-order chi connectivity index (χ0) is 15.5. The SMILES string of the molecule is Cc1cccc(C)c1NCC(=O)N1CC[C@@H]2CNC[C@@H]2CC1.Cl.Cl. The van der Waals surface area contributed by atoms with Gasteiger partial charge in [-0.3, -0.25) is 4.79 Å². The fraction of sp³-hybridized carbons (Fsp3) is 0.611. The second kappa shape index (κ2) is 9.50. The van der Waals surface area contributed by atoms with Gasteiger partial charge >= 0.3 is 0 Å². The average Bonchev–Trinajstić information content (AvgIpc) is 2.85. The normalized spacial score (nSPS) is 22.7. The summed E-state index contributed by atoms with van der Waals surface area (Å²) < 4.78 is 0. The van der Waals surface area contributed by atoms with E-state index in [1.807, 2.05) is 0 Å². The molecule has 2 aliphatic rings. The summed E-state index contributed by atoms with van der Waals surface area (Å²) in [5.41, 5.74) is 3.50. The average molecular weight is 374 g/mol. The predicted molar refractivity (Wildman–Crippen MR) is 105 cm³/mol. The number of amides is 1. The van der Waals surface area contributed by atoms with E-state index in [1.165, 1.54) is 11.1 Å². The van der Waals surface area contributed by atoms with Crippen molar-refractivity contribution < 1.29 is 4.79 Å². The van der Waals surface area contributed by atoms with Crippen LogP contribution in [-0.2, 0) is 4.79 Å². The Bertz CT molecular complexity index is 519. The molecule has 3 rings (SSSR count). The van der Waals surface area contributed by atoms with Crippen molar-refractivity contribution in [2.75, 3.05) is 38.0 Å². The summed E-state index contributed by atoms with van der Waals surface area (Å²) in [5.74, 6) is 1.77. The van der Waals surface area contributed by atoms with Crippen LogP contribution in [0.4, 0.5) is 5.69 Å². The highest BCUT2D eigenvalue weighted by molar-refractivity contribution is 5.85. The molecular formula is C18H29Cl2N3O. The van der Waals surface area contributed by atoms with Crippen LogP contribution in [0.3, 0.4) is 0 Å². The number of carbonyl (C=O) groups excluding carboxylic acids is 1. The molecule has 0 bridgehead atoms. The molecule has 0 spiro atoms. The second-order valence-corrected chi connectivity index (χ2v) is 6.76. The third-order valence-corrected chi connectivity index (χ3v) is 5.27. The Morgan fingerprint density at radius 2 is 1.67 bits per heavy atom. The van der Waals surface area contributed by atoms with Gasteiger partial charge in [0.1, 0.15) is 0 Å². The van der Waals surface area contributed by atoms with Crippen molar-refractivity contribution in [1.82, 2.24) is 10.2 Å². The largest absolute Gasteiger partial charge is 0.376 e. The smallest absolute Gasteiger partial charge is 0.241 e. The van der Waals surface area contributed by atoms with Gasteiger partial charge in [-0.25, -0.2) is 0 Å². The number of benzene rings is 1. The molecule has 1 aromatic carbocycles. The number of halogens is 2. The van der Waals surface area contributed by atoms with Gasteiger partial charge < -0.3 is 15.5 Å². The van der Waals surface area contributed by atoms with Crippen molar-refractivity contribution in [2.45, 2.75) is 26.7 Å². The molecule has 1 aromatic rings. The Hall–Kier alpha value is -0.970. The number of fused-ring (bicyclic) bond motifs is 1. The van der Waals surface area contributed by atoms with Gasteiger partial charge in [0.2, 0.25) is 5.91 Å². The first-order chi connectivity index (χ1) is 10.6. The molecule has 6 heteroatoms. The van der Waals surface area contributed by atoms with Crippen LogP contribution in [0, 0.1) is 25.7 Å². The summed E-state index contributed by atoms with van der Waals surface area (Å²) in [6.07, 6.45) is 2.29. The molecular weight excluding hydrogens is 345 g/mol. The van der Waals surface area contributed by atoms with Gasteiger partial charge in [0.05, 0.1) is 6.54 Å².